The van der Waals surface area contributed by atoms with Gasteiger partial charge in [0.2, 0.25) is 0 Å². The highest BCUT2D eigenvalue weighted by Gasteiger charge is 2.38. The van der Waals surface area contributed by atoms with Gasteiger partial charge < -0.3 is 13.7 Å². The Labute approximate surface area is 331 Å². The third kappa shape index (κ3) is 4.43. The standard InChI is InChI=1S/C54H39NO2/c1-53(2)43-19-11-8-16-36(43)38-25-22-33(28-45(38)53)55(34-23-26-39-37-17-9-12-20-44(37)54(3,4)46(39)29-34)35-24-27-40-42-31-49-51(41-18-10-13-21-47(41)56-49)50(32-14-6-5-7-15-32)52(42)57-48(40)30-35/h5-31H,1-4H3. The highest BCUT2D eigenvalue weighted by molar-refractivity contribution is 6.23. The van der Waals surface area contributed by atoms with E-state index in [9.17, 15) is 0 Å². The molecule has 0 atom stereocenters. The number of benzene rings is 8. The molecule has 2 aromatic heterocycles. The van der Waals surface area contributed by atoms with E-state index in [1.54, 1.807) is 0 Å². The van der Waals surface area contributed by atoms with Gasteiger partial charge in [-0.3, -0.25) is 0 Å². The van der Waals surface area contributed by atoms with Crippen molar-refractivity contribution in [1.82, 2.24) is 0 Å². The lowest BCUT2D eigenvalue weighted by atomic mass is 9.82. The molecule has 8 aromatic carbocycles. The van der Waals surface area contributed by atoms with Gasteiger partial charge >= 0.3 is 0 Å². The summed E-state index contributed by atoms with van der Waals surface area (Å²) in [5.74, 6) is 0. The molecule has 0 spiro atoms. The van der Waals surface area contributed by atoms with Crippen LogP contribution in [0, 0.1) is 0 Å². The van der Waals surface area contributed by atoms with Crippen LogP contribution in [0.2, 0.25) is 0 Å². The average molecular weight is 734 g/mol. The number of fused-ring (bicyclic) bond motifs is 12. The lowest BCUT2D eigenvalue weighted by molar-refractivity contribution is 0.660. The molecule has 272 valence electrons. The molecule has 12 rings (SSSR count). The maximum Gasteiger partial charge on any atom is 0.144 e. The smallest absolute Gasteiger partial charge is 0.144 e. The van der Waals surface area contributed by atoms with Crippen LogP contribution in [-0.2, 0) is 10.8 Å². The largest absolute Gasteiger partial charge is 0.456 e. The number of anilines is 3. The highest BCUT2D eigenvalue weighted by atomic mass is 16.3. The van der Waals surface area contributed by atoms with Crippen LogP contribution in [0.1, 0.15) is 49.9 Å². The van der Waals surface area contributed by atoms with Crippen molar-refractivity contribution in [2.24, 2.45) is 0 Å². The highest BCUT2D eigenvalue weighted by Crippen LogP contribution is 2.54. The summed E-state index contributed by atoms with van der Waals surface area (Å²) in [6.07, 6.45) is 0. The van der Waals surface area contributed by atoms with Gasteiger partial charge in [-0.05, 0) is 98.6 Å². The van der Waals surface area contributed by atoms with E-state index in [2.05, 4.69) is 184 Å². The van der Waals surface area contributed by atoms with Crippen LogP contribution in [0.15, 0.2) is 173 Å². The first-order chi connectivity index (χ1) is 27.8. The van der Waals surface area contributed by atoms with Crippen molar-refractivity contribution in [1.29, 1.82) is 0 Å². The minimum atomic E-state index is -0.132. The monoisotopic (exact) mass is 733 g/mol. The van der Waals surface area contributed by atoms with E-state index in [-0.39, 0.29) is 10.8 Å². The van der Waals surface area contributed by atoms with Crippen molar-refractivity contribution in [3.05, 3.63) is 186 Å². The van der Waals surface area contributed by atoms with Gasteiger partial charge in [0.1, 0.15) is 22.3 Å². The molecule has 10 aromatic rings. The van der Waals surface area contributed by atoms with Crippen LogP contribution >= 0.6 is 0 Å². The number of hydrogen-bond donors (Lipinski definition) is 0. The molecule has 2 heterocycles. The SMILES string of the molecule is CC1(C)c2ccccc2-c2ccc(N(c3ccc4c(c3)C(C)(C)c3ccccc3-4)c3ccc4c(c3)oc3c(-c5ccccc5)c5c(cc34)oc3ccccc35)cc21. The van der Waals surface area contributed by atoms with Gasteiger partial charge in [0.25, 0.3) is 0 Å². The van der Waals surface area contributed by atoms with E-state index in [1.165, 1.54) is 44.5 Å². The first-order valence-electron chi connectivity index (χ1n) is 19.9. The number of hydrogen-bond acceptors (Lipinski definition) is 3. The summed E-state index contributed by atoms with van der Waals surface area (Å²) in [6, 6.07) is 59.5. The van der Waals surface area contributed by atoms with Crippen molar-refractivity contribution in [3.8, 4) is 33.4 Å². The molecule has 3 nitrogen and oxygen atoms in total. The van der Waals surface area contributed by atoms with Crippen LogP contribution in [0.25, 0.3) is 77.3 Å². The predicted octanol–water partition coefficient (Wildman–Crippen LogP) is 15.2. The number of para-hydroxylation sites is 1. The third-order valence-electron chi connectivity index (χ3n) is 13.1. The summed E-state index contributed by atoms with van der Waals surface area (Å²) in [5.41, 5.74) is 19.3. The number of rotatable bonds is 4. The molecule has 0 amide bonds. The number of furan rings is 2. The minimum absolute atomic E-state index is 0.132. The van der Waals surface area contributed by atoms with E-state index >= 15 is 0 Å². The maximum atomic E-state index is 7.06. The van der Waals surface area contributed by atoms with Crippen molar-refractivity contribution < 1.29 is 8.83 Å². The fourth-order valence-corrected chi connectivity index (χ4v) is 10.2. The zero-order chi connectivity index (χ0) is 38.2. The zero-order valence-electron chi connectivity index (χ0n) is 32.4. The molecule has 0 unspecified atom stereocenters. The second kappa shape index (κ2) is 11.4. The lowest BCUT2D eigenvalue weighted by Gasteiger charge is -2.29. The lowest BCUT2D eigenvalue weighted by Crippen LogP contribution is -2.18. The molecular weight excluding hydrogens is 695 g/mol. The molecule has 0 fully saturated rings. The summed E-state index contributed by atoms with van der Waals surface area (Å²) in [7, 11) is 0. The van der Waals surface area contributed by atoms with E-state index in [0.29, 0.717) is 0 Å². The molecule has 0 radical (unpaired) electrons. The molecule has 0 N–H and O–H groups in total. The van der Waals surface area contributed by atoms with Crippen LogP contribution in [-0.4, -0.2) is 0 Å². The fourth-order valence-electron chi connectivity index (χ4n) is 10.2. The van der Waals surface area contributed by atoms with Crippen LogP contribution in [0.4, 0.5) is 17.1 Å². The molecule has 3 heteroatoms. The summed E-state index contributed by atoms with van der Waals surface area (Å²) >= 11 is 0. The average Bonchev–Trinajstić information content (AvgIpc) is 3.93. The quantitative estimate of drug-likeness (QED) is 0.180. The Morgan fingerprint density at radius 1 is 0.386 bits per heavy atom. The maximum absolute atomic E-state index is 7.06. The van der Waals surface area contributed by atoms with Crippen molar-refractivity contribution in [3.63, 3.8) is 0 Å². The predicted molar refractivity (Wildman–Crippen MR) is 236 cm³/mol. The Kier molecular flexibility index (Phi) is 6.46. The van der Waals surface area contributed by atoms with Gasteiger partial charge in [-0.25, -0.2) is 0 Å². The van der Waals surface area contributed by atoms with Gasteiger partial charge in [0, 0.05) is 61.1 Å². The molecule has 0 aliphatic heterocycles. The number of nitrogens with zero attached hydrogens (tertiary/aromatic N) is 1. The van der Waals surface area contributed by atoms with Crippen LogP contribution in [0.3, 0.4) is 0 Å². The van der Waals surface area contributed by atoms with Crippen LogP contribution < -0.4 is 4.90 Å². The Balaban J connectivity index is 1.10. The second-order valence-corrected chi connectivity index (χ2v) is 16.9. The first kappa shape index (κ1) is 32.4. The van der Waals surface area contributed by atoms with E-state index < -0.39 is 0 Å². The third-order valence-corrected chi connectivity index (χ3v) is 13.1. The van der Waals surface area contributed by atoms with E-state index in [0.717, 1.165) is 72.1 Å². The summed E-state index contributed by atoms with van der Waals surface area (Å²) in [5, 5.41) is 4.27. The Hall–Kier alpha value is -6.84. The van der Waals surface area contributed by atoms with Gasteiger partial charge in [-0.15, -0.1) is 0 Å². The van der Waals surface area contributed by atoms with Crippen molar-refractivity contribution in [2.75, 3.05) is 4.90 Å². The van der Waals surface area contributed by atoms with Crippen molar-refractivity contribution >= 4 is 60.9 Å². The summed E-state index contributed by atoms with van der Waals surface area (Å²) in [6.45, 7) is 9.41. The van der Waals surface area contributed by atoms with Gasteiger partial charge in [0.15, 0.2) is 0 Å². The Morgan fingerprint density at radius 3 is 1.60 bits per heavy atom. The fraction of sp³-hybridized carbons (Fsp3) is 0.111. The molecule has 2 aliphatic rings. The molecule has 57 heavy (non-hydrogen) atoms. The van der Waals surface area contributed by atoms with Gasteiger partial charge in [-0.2, -0.15) is 0 Å². The van der Waals surface area contributed by atoms with E-state index in [1.807, 2.05) is 12.1 Å². The van der Waals surface area contributed by atoms with Crippen LogP contribution in [0.5, 0.6) is 0 Å². The first-order valence-corrected chi connectivity index (χ1v) is 19.9. The normalized spacial score (nSPS) is 14.6. The van der Waals surface area contributed by atoms with Gasteiger partial charge in [0.05, 0.1) is 0 Å². The summed E-state index contributed by atoms with van der Waals surface area (Å²) < 4.78 is 13.6. The minimum Gasteiger partial charge on any atom is -0.456 e. The summed E-state index contributed by atoms with van der Waals surface area (Å²) in [4.78, 5) is 2.42. The molecule has 0 saturated carbocycles. The molecule has 0 saturated heterocycles. The zero-order valence-corrected chi connectivity index (χ0v) is 32.4. The Morgan fingerprint density at radius 2 is 0.930 bits per heavy atom. The molecular formula is C54H39NO2. The second-order valence-electron chi connectivity index (χ2n) is 16.9. The Bertz CT molecular complexity index is 3200. The van der Waals surface area contributed by atoms with Crippen molar-refractivity contribution in [2.45, 2.75) is 38.5 Å². The molecule has 2 aliphatic carbocycles. The molecule has 0 bridgehead atoms. The van der Waals surface area contributed by atoms with E-state index in [4.69, 9.17) is 8.83 Å². The topological polar surface area (TPSA) is 29.5 Å². The van der Waals surface area contributed by atoms with Gasteiger partial charge in [-0.1, -0.05) is 137 Å².